The summed E-state index contributed by atoms with van der Waals surface area (Å²) in [5.41, 5.74) is 8.63. The molecule has 3 N–H and O–H groups in total. The predicted molar refractivity (Wildman–Crippen MR) is 133 cm³/mol. The number of methoxy groups -OCH3 is 2. The van der Waals surface area contributed by atoms with E-state index in [-0.39, 0.29) is 30.6 Å². The third-order valence-corrected chi connectivity index (χ3v) is 7.34. The molecule has 4 atom stereocenters. The number of hydrogen-bond donors (Lipinski definition) is 2. The van der Waals surface area contributed by atoms with Crippen LogP contribution in [0.5, 0.6) is 28.7 Å². The lowest BCUT2D eigenvalue weighted by atomic mass is 9.66. The first-order valence-electron chi connectivity index (χ1n) is 12.0. The lowest BCUT2D eigenvalue weighted by Gasteiger charge is -2.38. The molecule has 0 saturated carbocycles. The normalized spacial score (nSPS) is 22.7. The maximum atomic E-state index is 13.2. The van der Waals surface area contributed by atoms with Crippen molar-refractivity contribution < 1.29 is 43.1 Å². The number of benzene rings is 3. The topological polar surface area (TPSA) is 136 Å². The monoisotopic (exact) mass is 519 g/mol. The number of phenols is 1. The molecule has 3 aromatic rings. The van der Waals surface area contributed by atoms with Gasteiger partial charge in [0, 0.05) is 23.1 Å². The first-order chi connectivity index (χ1) is 18.4. The molecule has 1 unspecified atom stereocenters. The zero-order chi connectivity index (χ0) is 26.6. The summed E-state index contributed by atoms with van der Waals surface area (Å²) in [6, 6.07) is 13.4. The molecule has 3 aromatic carbocycles. The van der Waals surface area contributed by atoms with Crippen LogP contribution in [0, 0.1) is 11.8 Å². The Hall–Kier alpha value is -4.60. The van der Waals surface area contributed by atoms with Gasteiger partial charge in [-0.15, -0.1) is 0 Å². The number of nitrogen functional groups attached to an aromatic ring is 1. The number of rotatable bonds is 5. The minimum Gasteiger partial charge on any atom is -0.502 e. The van der Waals surface area contributed by atoms with Gasteiger partial charge in [-0.1, -0.05) is 6.07 Å². The first kappa shape index (κ1) is 23.8. The van der Waals surface area contributed by atoms with E-state index >= 15 is 0 Å². The van der Waals surface area contributed by atoms with Crippen molar-refractivity contribution in [2.75, 3.05) is 33.4 Å². The molecular weight excluding hydrogens is 494 g/mol. The van der Waals surface area contributed by atoms with Crippen LogP contribution in [-0.4, -0.2) is 44.7 Å². The van der Waals surface area contributed by atoms with Gasteiger partial charge in [-0.2, -0.15) is 0 Å². The predicted octanol–water partition coefficient (Wildman–Crippen LogP) is 3.55. The molecule has 10 nitrogen and oxygen atoms in total. The summed E-state index contributed by atoms with van der Waals surface area (Å²) in [7, 11) is 2.87. The van der Waals surface area contributed by atoms with Crippen LogP contribution >= 0.6 is 0 Å². The minimum absolute atomic E-state index is 0.0480. The maximum Gasteiger partial charge on any atom is 0.338 e. The first-order valence-corrected chi connectivity index (χ1v) is 12.0. The summed E-state index contributed by atoms with van der Waals surface area (Å²) in [5.74, 6) is -1.45. The molecule has 2 aliphatic heterocycles. The summed E-state index contributed by atoms with van der Waals surface area (Å²) < 4.78 is 33.6. The van der Waals surface area contributed by atoms with Crippen molar-refractivity contribution in [1.82, 2.24) is 0 Å². The van der Waals surface area contributed by atoms with Gasteiger partial charge in [0.25, 0.3) is 0 Å². The van der Waals surface area contributed by atoms with Crippen molar-refractivity contribution in [3.05, 3.63) is 70.8 Å². The van der Waals surface area contributed by atoms with Crippen molar-refractivity contribution in [3.8, 4) is 28.7 Å². The lowest BCUT2D eigenvalue weighted by Crippen LogP contribution is -2.36. The largest absolute Gasteiger partial charge is 0.502 e. The number of carbonyl (C=O) groups excluding carboxylic acids is 2. The lowest BCUT2D eigenvalue weighted by molar-refractivity contribution is -0.141. The van der Waals surface area contributed by atoms with E-state index in [1.165, 1.54) is 20.3 Å². The van der Waals surface area contributed by atoms with Gasteiger partial charge >= 0.3 is 11.9 Å². The van der Waals surface area contributed by atoms with Gasteiger partial charge in [0.15, 0.2) is 23.0 Å². The standard InChI is InChI=1S/C28H25NO9/c1-33-21-7-14(8-22(34-2)25(21)30)23-16-9-19-20(37-12-36-19)10-17(16)26(18-11-35-28(32)24(18)23)38-27(31)13-4-3-5-15(29)6-13/h3-10,18,23-24,26,30H,11-12,29H2,1-2H3/t18?,23-,24+,26-/m1/s1. The molecule has 196 valence electrons. The molecule has 2 heterocycles. The minimum atomic E-state index is -0.804. The highest BCUT2D eigenvalue weighted by Gasteiger charge is 2.54. The number of phenolic OH excluding ortho intramolecular Hbond substituents is 1. The van der Waals surface area contributed by atoms with Crippen LogP contribution in [0.25, 0.3) is 0 Å². The Bertz CT molecular complexity index is 1430. The molecule has 1 fully saturated rings. The maximum absolute atomic E-state index is 13.2. The summed E-state index contributed by atoms with van der Waals surface area (Å²) >= 11 is 0. The SMILES string of the molecule is COc1cc([C@@H]2c3cc4c(cc3[C@@H](OC(=O)c3cccc(N)c3)C3COC(=O)[C@@H]32)OCO4)cc(OC)c1O. The number of fused-ring (bicyclic) bond motifs is 3. The van der Waals surface area contributed by atoms with E-state index in [0.717, 1.165) is 0 Å². The van der Waals surface area contributed by atoms with Crippen LogP contribution in [0.4, 0.5) is 5.69 Å². The highest BCUT2D eigenvalue weighted by atomic mass is 16.7. The highest BCUT2D eigenvalue weighted by molar-refractivity contribution is 5.91. The highest BCUT2D eigenvalue weighted by Crippen LogP contribution is 2.56. The summed E-state index contributed by atoms with van der Waals surface area (Å²) in [6.45, 7) is 0.113. The van der Waals surface area contributed by atoms with Gasteiger partial charge in [-0.25, -0.2) is 4.79 Å². The van der Waals surface area contributed by atoms with Crippen molar-refractivity contribution in [1.29, 1.82) is 0 Å². The van der Waals surface area contributed by atoms with Crippen LogP contribution < -0.4 is 24.7 Å². The summed E-state index contributed by atoms with van der Waals surface area (Å²) in [4.78, 5) is 26.4. The van der Waals surface area contributed by atoms with Crippen LogP contribution in [0.3, 0.4) is 0 Å². The van der Waals surface area contributed by atoms with E-state index in [0.29, 0.717) is 39.4 Å². The molecule has 0 spiro atoms. The van der Waals surface area contributed by atoms with Gasteiger partial charge in [0.1, 0.15) is 6.10 Å². The van der Waals surface area contributed by atoms with Crippen LogP contribution in [0.1, 0.15) is 39.1 Å². The van der Waals surface area contributed by atoms with Gasteiger partial charge in [-0.05, 0) is 53.6 Å². The van der Waals surface area contributed by atoms with E-state index in [2.05, 4.69) is 0 Å². The third-order valence-electron chi connectivity index (χ3n) is 7.34. The molecular formula is C28H25NO9. The second-order valence-corrected chi connectivity index (χ2v) is 9.36. The van der Waals surface area contributed by atoms with E-state index < -0.39 is 35.8 Å². The molecule has 10 heteroatoms. The molecule has 6 rings (SSSR count). The zero-order valence-electron chi connectivity index (χ0n) is 20.6. The number of nitrogens with two attached hydrogens (primary N) is 1. The summed E-state index contributed by atoms with van der Waals surface area (Å²) in [5, 5.41) is 10.5. The molecule has 3 aliphatic rings. The van der Waals surface area contributed by atoms with Crippen LogP contribution in [0.2, 0.25) is 0 Å². The Balaban J connectivity index is 1.52. The van der Waals surface area contributed by atoms with E-state index in [1.54, 1.807) is 42.5 Å². The number of cyclic esters (lactones) is 1. The number of anilines is 1. The van der Waals surface area contributed by atoms with Crippen LogP contribution in [0.15, 0.2) is 48.5 Å². The molecule has 1 saturated heterocycles. The second-order valence-electron chi connectivity index (χ2n) is 9.36. The van der Waals surface area contributed by atoms with E-state index in [9.17, 15) is 14.7 Å². The average molecular weight is 520 g/mol. The summed E-state index contributed by atoms with van der Waals surface area (Å²) in [6.07, 6.45) is -0.804. The Kier molecular flexibility index (Phi) is 5.67. The number of ether oxygens (including phenoxy) is 6. The number of aromatic hydroxyl groups is 1. The number of carbonyl (C=O) groups is 2. The fourth-order valence-corrected chi connectivity index (χ4v) is 5.61. The fourth-order valence-electron chi connectivity index (χ4n) is 5.61. The average Bonchev–Trinajstić information content (AvgIpc) is 3.54. The Morgan fingerprint density at radius 1 is 0.974 bits per heavy atom. The number of hydrogen-bond acceptors (Lipinski definition) is 10. The Morgan fingerprint density at radius 3 is 2.32 bits per heavy atom. The van der Waals surface area contributed by atoms with E-state index in [4.69, 9.17) is 34.2 Å². The third kappa shape index (κ3) is 3.71. The smallest absolute Gasteiger partial charge is 0.338 e. The number of esters is 2. The van der Waals surface area contributed by atoms with Crippen molar-refractivity contribution in [3.63, 3.8) is 0 Å². The fraction of sp³-hybridized carbons (Fsp3) is 0.286. The molecule has 0 radical (unpaired) electrons. The van der Waals surface area contributed by atoms with Gasteiger partial charge < -0.3 is 39.3 Å². The zero-order valence-corrected chi connectivity index (χ0v) is 20.6. The molecule has 1 aliphatic carbocycles. The van der Waals surface area contributed by atoms with Gasteiger partial charge in [0.05, 0.1) is 32.3 Å². The molecule has 0 bridgehead atoms. The van der Waals surface area contributed by atoms with Crippen molar-refractivity contribution >= 4 is 17.6 Å². The van der Waals surface area contributed by atoms with Gasteiger partial charge in [-0.3, -0.25) is 4.79 Å². The van der Waals surface area contributed by atoms with Crippen LogP contribution in [-0.2, 0) is 14.3 Å². The molecule has 38 heavy (non-hydrogen) atoms. The molecule has 0 amide bonds. The van der Waals surface area contributed by atoms with Crippen molar-refractivity contribution in [2.45, 2.75) is 12.0 Å². The van der Waals surface area contributed by atoms with Crippen molar-refractivity contribution in [2.24, 2.45) is 11.8 Å². The molecule has 0 aromatic heterocycles. The van der Waals surface area contributed by atoms with Gasteiger partial charge in [0.2, 0.25) is 12.5 Å². The second kappa shape index (κ2) is 9.05. The Morgan fingerprint density at radius 2 is 1.66 bits per heavy atom. The quantitative estimate of drug-likeness (QED) is 0.380. The van der Waals surface area contributed by atoms with E-state index in [1.807, 2.05) is 0 Å². The Labute approximate surface area is 217 Å².